The Hall–Kier alpha value is -0.570. The lowest BCUT2D eigenvalue weighted by atomic mass is 9.70. The van der Waals surface area contributed by atoms with Gasteiger partial charge in [-0.25, -0.2) is 0 Å². The van der Waals surface area contributed by atoms with Crippen LogP contribution in [0.5, 0.6) is 0 Å². The standard InChI is InChI=1S/C11H18O3/c1-10(2)6-4-5-11(10,3)8(12)7(6)9(13)14/h6-8,12H,4-5H2,1-3H3,(H,13,14)/t6-,7+,8-,11-/m0/s1. The third kappa shape index (κ3) is 0.842. The quantitative estimate of drug-likeness (QED) is 0.671. The molecule has 2 N–H and O–H groups in total. The van der Waals surface area contributed by atoms with Crippen molar-refractivity contribution in [3.8, 4) is 0 Å². The monoisotopic (exact) mass is 198 g/mol. The van der Waals surface area contributed by atoms with Gasteiger partial charge < -0.3 is 10.2 Å². The summed E-state index contributed by atoms with van der Waals surface area (Å²) in [6.45, 7) is 6.22. The Morgan fingerprint density at radius 3 is 2.21 bits per heavy atom. The highest BCUT2D eigenvalue weighted by molar-refractivity contribution is 5.72. The fourth-order valence-electron chi connectivity index (χ4n) is 3.64. The minimum absolute atomic E-state index is 0.0462. The zero-order valence-corrected chi connectivity index (χ0v) is 8.95. The van der Waals surface area contributed by atoms with Crippen molar-refractivity contribution in [3.05, 3.63) is 0 Å². The van der Waals surface area contributed by atoms with Crippen LogP contribution in [-0.2, 0) is 4.79 Å². The number of hydrogen-bond donors (Lipinski definition) is 2. The van der Waals surface area contributed by atoms with Crippen LogP contribution < -0.4 is 0 Å². The van der Waals surface area contributed by atoms with Gasteiger partial charge in [0.15, 0.2) is 0 Å². The predicted octanol–water partition coefficient (Wildman–Crippen LogP) is 1.50. The fraction of sp³-hybridized carbons (Fsp3) is 0.909. The number of carboxylic acid groups (broad SMARTS) is 1. The Morgan fingerprint density at radius 1 is 1.36 bits per heavy atom. The van der Waals surface area contributed by atoms with E-state index in [1.807, 2.05) is 6.92 Å². The van der Waals surface area contributed by atoms with E-state index in [-0.39, 0.29) is 16.7 Å². The van der Waals surface area contributed by atoms with Gasteiger partial charge in [-0.1, -0.05) is 20.8 Å². The van der Waals surface area contributed by atoms with E-state index in [4.69, 9.17) is 5.11 Å². The van der Waals surface area contributed by atoms with Gasteiger partial charge in [0.2, 0.25) is 0 Å². The number of hydrogen-bond acceptors (Lipinski definition) is 2. The molecule has 0 heterocycles. The van der Waals surface area contributed by atoms with E-state index in [1.54, 1.807) is 0 Å². The normalized spacial score (nSPS) is 49.6. The Balaban J connectivity index is 2.44. The average molecular weight is 198 g/mol. The van der Waals surface area contributed by atoms with E-state index in [9.17, 15) is 9.90 Å². The first-order valence-corrected chi connectivity index (χ1v) is 5.23. The number of aliphatic carboxylic acids is 1. The summed E-state index contributed by atoms with van der Waals surface area (Å²) in [5, 5.41) is 19.2. The lowest BCUT2D eigenvalue weighted by Gasteiger charge is -2.36. The molecule has 0 amide bonds. The van der Waals surface area contributed by atoms with Crippen LogP contribution in [0.4, 0.5) is 0 Å². The van der Waals surface area contributed by atoms with E-state index in [0.29, 0.717) is 0 Å². The Kier molecular flexibility index (Phi) is 1.79. The van der Waals surface area contributed by atoms with Gasteiger partial charge in [0, 0.05) is 0 Å². The zero-order valence-electron chi connectivity index (χ0n) is 8.95. The smallest absolute Gasteiger partial charge is 0.309 e. The third-order valence-corrected chi connectivity index (χ3v) is 5.09. The highest BCUT2D eigenvalue weighted by atomic mass is 16.4. The Bertz CT molecular complexity index is 284. The van der Waals surface area contributed by atoms with Crippen molar-refractivity contribution in [3.63, 3.8) is 0 Å². The molecule has 2 aliphatic rings. The molecule has 0 unspecified atom stereocenters. The first-order valence-electron chi connectivity index (χ1n) is 5.23. The third-order valence-electron chi connectivity index (χ3n) is 5.09. The number of fused-ring (bicyclic) bond motifs is 2. The minimum atomic E-state index is -0.834. The van der Waals surface area contributed by atoms with Gasteiger partial charge in [0.05, 0.1) is 12.0 Å². The van der Waals surface area contributed by atoms with Crippen molar-refractivity contribution in [1.82, 2.24) is 0 Å². The number of aliphatic hydroxyl groups is 1. The molecule has 2 aliphatic carbocycles. The number of carbonyl (C=O) groups is 1. The number of aliphatic hydroxyl groups excluding tert-OH is 1. The van der Waals surface area contributed by atoms with Gasteiger partial charge in [0.1, 0.15) is 0 Å². The SMILES string of the molecule is CC1(C)[C@H]2CC[C@@]1(C)[C@@H](O)[C@@H]2C(=O)O. The van der Waals surface area contributed by atoms with Crippen LogP contribution >= 0.6 is 0 Å². The second kappa shape index (κ2) is 2.51. The van der Waals surface area contributed by atoms with Crippen LogP contribution in [0.3, 0.4) is 0 Å². The van der Waals surface area contributed by atoms with E-state index < -0.39 is 18.0 Å². The first kappa shape index (κ1) is 9.97. The Morgan fingerprint density at radius 2 is 1.93 bits per heavy atom. The zero-order chi connectivity index (χ0) is 10.7. The van der Waals surface area contributed by atoms with Crippen molar-refractivity contribution < 1.29 is 15.0 Å². The molecular formula is C11H18O3. The molecule has 0 aromatic heterocycles. The predicted molar refractivity (Wildman–Crippen MR) is 51.7 cm³/mol. The summed E-state index contributed by atoms with van der Waals surface area (Å²) in [7, 11) is 0. The van der Waals surface area contributed by atoms with Crippen LogP contribution in [0.15, 0.2) is 0 Å². The van der Waals surface area contributed by atoms with Crippen LogP contribution in [0, 0.1) is 22.7 Å². The highest BCUT2D eigenvalue weighted by Crippen LogP contribution is 2.67. The molecule has 2 fully saturated rings. The highest BCUT2D eigenvalue weighted by Gasteiger charge is 2.67. The molecule has 0 saturated heterocycles. The fourth-order valence-corrected chi connectivity index (χ4v) is 3.64. The second-order valence-corrected chi connectivity index (χ2v) is 5.59. The van der Waals surface area contributed by atoms with Crippen molar-refractivity contribution in [1.29, 1.82) is 0 Å². The maximum atomic E-state index is 11.1. The molecule has 0 aliphatic heterocycles. The lowest BCUT2D eigenvalue weighted by molar-refractivity contribution is -0.149. The van der Waals surface area contributed by atoms with Gasteiger partial charge in [0.25, 0.3) is 0 Å². The molecule has 0 radical (unpaired) electrons. The summed E-state index contributed by atoms with van der Waals surface area (Å²) in [4.78, 5) is 11.1. The van der Waals surface area contributed by atoms with E-state index in [2.05, 4.69) is 13.8 Å². The molecule has 0 aromatic rings. The van der Waals surface area contributed by atoms with Crippen LogP contribution in [0.25, 0.3) is 0 Å². The summed E-state index contributed by atoms with van der Waals surface area (Å²) < 4.78 is 0. The summed E-state index contributed by atoms with van der Waals surface area (Å²) in [5.41, 5.74) is -0.254. The average Bonchev–Trinajstić information content (AvgIpc) is 2.35. The molecule has 2 bridgehead atoms. The largest absolute Gasteiger partial charge is 0.481 e. The molecule has 0 spiro atoms. The van der Waals surface area contributed by atoms with Crippen LogP contribution in [0.2, 0.25) is 0 Å². The first-order chi connectivity index (χ1) is 6.32. The molecule has 0 aromatic carbocycles. The molecule has 2 saturated carbocycles. The Labute approximate surface area is 84.1 Å². The molecule has 80 valence electrons. The molecule has 4 atom stereocenters. The summed E-state index contributed by atoms with van der Waals surface area (Å²) in [6.07, 6.45) is 1.22. The van der Waals surface area contributed by atoms with Gasteiger partial charge in [-0.15, -0.1) is 0 Å². The van der Waals surface area contributed by atoms with Gasteiger partial charge in [-0.2, -0.15) is 0 Å². The molecule has 3 nitrogen and oxygen atoms in total. The van der Waals surface area contributed by atoms with Crippen molar-refractivity contribution >= 4 is 5.97 Å². The van der Waals surface area contributed by atoms with Crippen LogP contribution in [-0.4, -0.2) is 22.3 Å². The second-order valence-electron chi connectivity index (χ2n) is 5.59. The number of rotatable bonds is 1. The number of carboxylic acids is 1. The van der Waals surface area contributed by atoms with Gasteiger partial charge in [-0.05, 0) is 29.6 Å². The summed E-state index contributed by atoms with van der Waals surface area (Å²) in [5.74, 6) is -1.25. The van der Waals surface area contributed by atoms with Gasteiger partial charge in [-0.3, -0.25) is 4.79 Å². The van der Waals surface area contributed by atoms with Gasteiger partial charge >= 0.3 is 5.97 Å². The van der Waals surface area contributed by atoms with Crippen molar-refractivity contribution in [2.24, 2.45) is 22.7 Å². The van der Waals surface area contributed by atoms with E-state index in [1.165, 1.54) is 0 Å². The topological polar surface area (TPSA) is 57.5 Å². The summed E-state index contributed by atoms with van der Waals surface area (Å²) >= 11 is 0. The van der Waals surface area contributed by atoms with Crippen molar-refractivity contribution in [2.75, 3.05) is 0 Å². The summed E-state index contributed by atoms with van der Waals surface area (Å²) in [6, 6.07) is 0. The maximum Gasteiger partial charge on any atom is 0.309 e. The molecular weight excluding hydrogens is 180 g/mol. The van der Waals surface area contributed by atoms with E-state index >= 15 is 0 Å². The van der Waals surface area contributed by atoms with Crippen LogP contribution in [0.1, 0.15) is 33.6 Å². The molecule has 2 rings (SSSR count). The van der Waals surface area contributed by atoms with Crippen molar-refractivity contribution in [2.45, 2.75) is 39.7 Å². The molecule has 14 heavy (non-hydrogen) atoms. The lowest BCUT2D eigenvalue weighted by Crippen LogP contribution is -2.39. The minimum Gasteiger partial charge on any atom is -0.481 e. The molecule has 3 heteroatoms. The maximum absolute atomic E-state index is 11.1. The van der Waals surface area contributed by atoms with E-state index in [0.717, 1.165) is 12.8 Å².